The minimum atomic E-state index is -0.472. The van der Waals surface area contributed by atoms with Crippen LogP contribution in [0.5, 0.6) is 0 Å². The molecule has 1 saturated carbocycles. The fourth-order valence-electron chi connectivity index (χ4n) is 4.24. The van der Waals surface area contributed by atoms with Gasteiger partial charge in [-0.3, -0.25) is 19.8 Å². The molecule has 32 heavy (non-hydrogen) atoms. The smallest absolute Gasteiger partial charge is 0.243 e. The van der Waals surface area contributed by atoms with Crippen molar-refractivity contribution < 1.29 is 14.4 Å². The van der Waals surface area contributed by atoms with Gasteiger partial charge in [-0.2, -0.15) is 0 Å². The first-order valence-corrected chi connectivity index (χ1v) is 10.9. The molecular weight excluding hydrogens is 406 g/mol. The lowest BCUT2D eigenvalue weighted by atomic mass is 10.1. The highest BCUT2D eigenvalue weighted by Gasteiger charge is 2.42. The molecule has 1 aromatic carbocycles. The minimum absolute atomic E-state index is 0.0605. The molecule has 1 aromatic heterocycles. The number of ketones is 1. The monoisotopic (exact) mass is 433 g/mol. The standard InChI is InChI=1S/C24H27N5O3/c1-15(30)22(25)17-9-5-11-26-23(17)27-14-21(31)29-12-6-10-20(29)24(32)28-19-13-18(19)16-7-3-2-4-8-16/h2-5,7-9,11,18-20,25H,6,10,12-14H2,1H3,(H,26,27)(H,28,32). The largest absolute Gasteiger partial charge is 0.360 e. The Balaban J connectivity index is 1.34. The number of hydrogen-bond acceptors (Lipinski definition) is 6. The zero-order chi connectivity index (χ0) is 22.7. The van der Waals surface area contributed by atoms with Crippen LogP contribution in [0.1, 0.15) is 43.2 Å². The lowest BCUT2D eigenvalue weighted by molar-refractivity contribution is -0.137. The molecule has 3 N–H and O–H groups in total. The minimum Gasteiger partial charge on any atom is -0.360 e. The highest BCUT2D eigenvalue weighted by atomic mass is 16.2. The van der Waals surface area contributed by atoms with E-state index in [-0.39, 0.29) is 35.9 Å². The molecule has 1 saturated heterocycles. The van der Waals surface area contributed by atoms with Crippen molar-refractivity contribution in [3.05, 3.63) is 59.8 Å². The quantitative estimate of drug-likeness (QED) is 0.552. The van der Waals surface area contributed by atoms with Gasteiger partial charge in [-0.05, 0) is 37.0 Å². The second-order valence-corrected chi connectivity index (χ2v) is 8.30. The van der Waals surface area contributed by atoms with Crippen molar-refractivity contribution in [2.75, 3.05) is 18.4 Å². The molecule has 8 nitrogen and oxygen atoms in total. The van der Waals surface area contributed by atoms with E-state index in [4.69, 9.17) is 5.41 Å². The highest BCUT2D eigenvalue weighted by Crippen LogP contribution is 2.40. The third-order valence-corrected chi connectivity index (χ3v) is 6.06. The lowest BCUT2D eigenvalue weighted by Crippen LogP contribution is -2.48. The van der Waals surface area contributed by atoms with Gasteiger partial charge in [-0.1, -0.05) is 30.3 Å². The van der Waals surface area contributed by atoms with Gasteiger partial charge in [0, 0.05) is 37.2 Å². The third-order valence-electron chi connectivity index (χ3n) is 6.06. The van der Waals surface area contributed by atoms with Gasteiger partial charge in [0.15, 0.2) is 5.78 Å². The number of pyridine rings is 1. The number of amides is 2. The van der Waals surface area contributed by atoms with Crippen molar-refractivity contribution in [2.45, 2.75) is 44.2 Å². The summed E-state index contributed by atoms with van der Waals surface area (Å²) in [5.41, 5.74) is 1.41. The van der Waals surface area contributed by atoms with E-state index in [1.54, 1.807) is 17.0 Å². The maximum Gasteiger partial charge on any atom is 0.243 e. The van der Waals surface area contributed by atoms with Gasteiger partial charge in [0.25, 0.3) is 0 Å². The van der Waals surface area contributed by atoms with Gasteiger partial charge >= 0.3 is 0 Å². The van der Waals surface area contributed by atoms with Crippen LogP contribution in [0.2, 0.25) is 0 Å². The van der Waals surface area contributed by atoms with Gasteiger partial charge in [0.1, 0.15) is 17.6 Å². The van der Waals surface area contributed by atoms with E-state index in [0.717, 1.165) is 12.8 Å². The number of Topliss-reactive ketones (excluding diaryl/α,β-unsaturated/α-hetero) is 1. The molecule has 0 bridgehead atoms. The predicted octanol–water partition coefficient (Wildman–Crippen LogP) is 2.11. The van der Waals surface area contributed by atoms with Crippen molar-refractivity contribution in [3.8, 4) is 0 Å². The van der Waals surface area contributed by atoms with Gasteiger partial charge < -0.3 is 15.5 Å². The van der Waals surface area contributed by atoms with Crippen molar-refractivity contribution in [1.29, 1.82) is 5.41 Å². The maximum absolute atomic E-state index is 12.9. The molecule has 166 valence electrons. The summed E-state index contributed by atoms with van der Waals surface area (Å²) in [7, 11) is 0. The molecule has 1 aliphatic carbocycles. The van der Waals surface area contributed by atoms with Gasteiger partial charge in [0.2, 0.25) is 11.8 Å². The van der Waals surface area contributed by atoms with Crippen molar-refractivity contribution in [2.24, 2.45) is 0 Å². The second-order valence-electron chi connectivity index (χ2n) is 8.30. The lowest BCUT2D eigenvalue weighted by Gasteiger charge is -2.24. The van der Waals surface area contributed by atoms with Crippen LogP contribution in [0, 0.1) is 5.41 Å². The molecule has 2 aliphatic rings. The second kappa shape index (κ2) is 9.30. The van der Waals surface area contributed by atoms with Crippen LogP contribution < -0.4 is 10.6 Å². The van der Waals surface area contributed by atoms with Gasteiger partial charge in [0.05, 0.1) is 6.54 Å². The van der Waals surface area contributed by atoms with Crippen molar-refractivity contribution in [3.63, 3.8) is 0 Å². The summed E-state index contributed by atoms with van der Waals surface area (Å²) < 4.78 is 0. The summed E-state index contributed by atoms with van der Waals surface area (Å²) in [5, 5.41) is 14.0. The SMILES string of the molecule is CC(=O)C(=N)c1cccnc1NCC(=O)N1CCCC1C(=O)NC1CC1c1ccccc1. The van der Waals surface area contributed by atoms with E-state index >= 15 is 0 Å². The molecule has 2 fully saturated rings. The molecule has 2 amide bonds. The number of benzene rings is 1. The summed E-state index contributed by atoms with van der Waals surface area (Å²) >= 11 is 0. The van der Waals surface area contributed by atoms with Crippen LogP contribution in [0.25, 0.3) is 0 Å². The molecular formula is C24H27N5O3. The number of nitrogens with zero attached hydrogens (tertiary/aromatic N) is 2. The Morgan fingerprint density at radius 2 is 1.94 bits per heavy atom. The topological polar surface area (TPSA) is 115 Å². The van der Waals surface area contributed by atoms with Crippen LogP contribution in [-0.2, 0) is 14.4 Å². The van der Waals surface area contributed by atoms with E-state index in [0.29, 0.717) is 30.3 Å². The number of likely N-dealkylation sites (tertiary alicyclic amines) is 1. The molecule has 0 radical (unpaired) electrons. The van der Waals surface area contributed by atoms with Gasteiger partial charge in [-0.25, -0.2) is 4.98 Å². The van der Waals surface area contributed by atoms with Crippen LogP contribution in [0.4, 0.5) is 5.82 Å². The molecule has 4 rings (SSSR count). The van der Waals surface area contributed by atoms with Crippen LogP contribution in [0.15, 0.2) is 48.7 Å². The average Bonchev–Trinajstić information content (AvgIpc) is 3.39. The number of anilines is 1. The maximum atomic E-state index is 12.9. The number of aromatic nitrogens is 1. The Kier molecular flexibility index (Phi) is 6.30. The summed E-state index contributed by atoms with van der Waals surface area (Å²) in [6, 6.07) is 13.0. The molecule has 2 aromatic rings. The molecule has 0 spiro atoms. The molecule has 8 heteroatoms. The van der Waals surface area contributed by atoms with E-state index in [1.165, 1.54) is 18.7 Å². The Labute approximate surface area is 186 Å². The Morgan fingerprint density at radius 1 is 1.16 bits per heavy atom. The van der Waals surface area contributed by atoms with Crippen molar-refractivity contribution in [1.82, 2.24) is 15.2 Å². The van der Waals surface area contributed by atoms with E-state index in [9.17, 15) is 14.4 Å². The Hall–Kier alpha value is -3.55. The fourth-order valence-corrected chi connectivity index (χ4v) is 4.24. The number of nitrogens with one attached hydrogen (secondary N) is 3. The average molecular weight is 434 g/mol. The first-order chi connectivity index (χ1) is 15.5. The van der Waals surface area contributed by atoms with Gasteiger partial charge in [-0.15, -0.1) is 0 Å². The van der Waals surface area contributed by atoms with E-state index in [1.807, 2.05) is 18.2 Å². The third kappa shape index (κ3) is 4.69. The van der Waals surface area contributed by atoms with Crippen LogP contribution in [-0.4, -0.2) is 58.4 Å². The summed E-state index contributed by atoms with van der Waals surface area (Å²) in [6.07, 6.45) is 3.88. The first-order valence-electron chi connectivity index (χ1n) is 10.9. The molecule has 2 heterocycles. The van der Waals surface area contributed by atoms with Crippen LogP contribution >= 0.6 is 0 Å². The highest BCUT2D eigenvalue weighted by molar-refractivity contribution is 6.45. The summed E-state index contributed by atoms with van der Waals surface area (Å²) in [6.45, 7) is 1.79. The molecule has 3 atom stereocenters. The fraction of sp³-hybridized carbons (Fsp3) is 0.375. The van der Waals surface area contributed by atoms with E-state index < -0.39 is 6.04 Å². The Morgan fingerprint density at radius 3 is 2.69 bits per heavy atom. The summed E-state index contributed by atoms with van der Waals surface area (Å²) in [5.74, 6) is -0.0332. The normalized spacial score (nSPS) is 21.7. The zero-order valence-electron chi connectivity index (χ0n) is 18.0. The number of rotatable bonds is 8. The molecule has 3 unspecified atom stereocenters. The van der Waals surface area contributed by atoms with Crippen molar-refractivity contribution >= 4 is 29.1 Å². The van der Waals surface area contributed by atoms with E-state index in [2.05, 4.69) is 27.8 Å². The number of hydrogen-bond donors (Lipinski definition) is 3. The number of carbonyl (C=O) groups is 3. The number of carbonyl (C=O) groups excluding carboxylic acids is 3. The Bertz CT molecular complexity index is 1040. The zero-order valence-corrected chi connectivity index (χ0v) is 18.0. The summed E-state index contributed by atoms with van der Waals surface area (Å²) in [4.78, 5) is 43.1. The van der Waals surface area contributed by atoms with Crippen LogP contribution in [0.3, 0.4) is 0 Å². The predicted molar refractivity (Wildman–Crippen MR) is 121 cm³/mol. The molecule has 1 aliphatic heterocycles. The first kappa shape index (κ1) is 21.7.